The smallest absolute Gasteiger partial charge is 0.333 e. The first-order chi connectivity index (χ1) is 34.1. The molecule has 0 radical (unpaired) electrons. The number of rotatable bonds is 2. The molecule has 0 saturated carbocycles. The average molecular weight is 945 g/mol. The van der Waals surface area contributed by atoms with Crippen LogP contribution in [0.2, 0.25) is 0 Å². The van der Waals surface area contributed by atoms with Gasteiger partial charge in [0.25, 0.3) is 0 Å². The SMILES string of the molecule is Cc1cc2c(cc1N1c3ccc4oc5ccccc5c4c3B3c4c(cc5c(oc6ccccc65)c41)-c1cc4c(cc1N3c1ccc3c(c1)C(C)(C)CCC3(C)C)C(C)(C)CCC4(C)C)C(C)(C)CCC2(C)C. The van der Waals surface area contributed by atoms with Crippen LogP contribution in [0.5, 0.6) is 0 Å². The van der Waals surface area contributed by atoms with Gasteiger partial charge in [-0.1, -0.05) is 132 Å². The fourth-order valence-electron chi connectivity index (χ4n) is 14.8. The predicted octanol–water partition coefficient (Wildman–Crippen LogP) is 17.5. The van der Waals surface area contributed by atoms with E-state index in [1.54, 1.807) is 0 Å². The van der Waals surface area contributed by atoms with E-state index < -0.39 is 0 Å². The van der Waals surface area contributed by atoms with Crippen LogP contribution in [0.1, 0.15) is 161 Å². The molecule has 4 heterocycles. The van der Waals surface area contributed by atoms with E-state index in [2.05, 4.69) is 209 Å². The molecule has 0 bridgehead atoms. The third kappa shape index (κ3) is 5.88. The van der Waals surface area contributed by atoms with Crippen molar-refractivity contribution in [2.24, 2.45) is 0 Å². The van der Waals surface area contributed by atoms with Crippen molar-refractivity contribution < 1.29 is 8.83 Å². The summed E-state index contributed by atoms with van der Waals surface area (Å²) in [5.74, 6) is 0. The molecule has 362 valence electrons. The molecule has 2 aliphatic heterocycles. The molecule has 0 amide bonds. The quantitative estimate of drug-likeness (QED) is 0.162. The summed E-state index contributed by atoms with van der Waals surface area (Å²) < 4.78 is 14.3. The second-order valence-corrected chi connectivity index (χ2v) is 26.9. The van der Waals surface area contributed by atoms with E-state index in [1.807, 2.05) is 0 Å². The number of anilines is 5. The number of aryl methyl sites for hydroxylation is 1. The van der Waals surface area contributed by atoms with Gasteiger partial charge in [0, 0.05) is 49.9 Å². The van der Waals surface area contributed by atoms with Crippen molar-refractivity contribution in [3.05, 3.63) is 148 Å². The Labute approximate surface area is 426 Å². The summed E-state index contributed by atoms with van der Waals surface area (Å²) in [6, 6.07) is 42.6. The molecule has 2 aromatic heterocycles. The van der Waals surface area contributed by atoms with Crippen LogP contribution in [0, 0.1) is 6.92 Å². The highest BCUT2D eigenvalue weighted by Crippen LogP contribution is 2.58. The Hall–Kier alpha value is -6.20. The van der Waals surface area contributed by atoms with Crippen LogP contribution < -0.4 is 20.6 Å². The number of furan rings is 2. The molecule has 72 heavy (non-hydrogen) atoms. The zero-order chi connectivity index (χ0) is 50.0. The molecule has 5 heteroatoms. The van der Waals surface area contributed by atoms with E-state index in [1.165, 1.54) is 102 Å². The van der Waals surface area contributed by atoms with E-state index in [0.717, 1.165) is 69.9 Å². The van der Waals surface area contributed by atoms with Gasteiger partial charge in [0.2, 0.25) is 0 Å². The molecule has 7 aromatic carbocycles. The Bertz CT molecular complexity index is 3870. The van der Waals surface area contributed by atoms with Crippen molar-refractivity contribution in [2.75, 3.05) is 9.71 Å². The molecule has 0 spiro atoms. The first-order valence-corrected chi connectivity index (χ1v) is 27.1. The third-order valence-corrected chi connectivity index (χ3v) is 19.6. The number of benzene rings is 7. The van der Waals surface area contributed by atoms with Gasteiger partial charge in [-0.05, 0) is 194 Å². The molecule has 3 aliphatic carbocycles. The van der Waals surface area contributed by atoms with Gasteiger partial charge in [0.15, 0.2) is 5.58 Å². The molecule has 14 rings (SSSR count). The largest absolute Gasteiger partial charge is 0.456 e. The molecule has 0 fully saturated rings. The van der Waals surface area contributed by atoms with Crippen LogP contribution in [0.4, 0.5) is 28.4 Å². The maximum atomic E-state index is 7.38. The topological polar surface area (TPSA) is 32.8 Å². The van der Waals surface area contributed by atoms with E-state index in [0.29, 0.717) is 0 Å². The lowest BCUT2D eigenvalue weighted by molar-refractivity contribution is 0.332. The highest BCUT2D eigenvalue weighted by molar-refractivity contribution is 6.95. The molecule has 9 aromatic rings. The van der Waals surface area contributed by atoms with Gasteiger partial charge < -0.3 is 18.5 Å². The fraction of sp³-hybridized carbons (Fsp3) is 0.373. The lowest BCUT2D eigenvalue weighted by atomic mass is 9.42. The first-order valence-electron chi connectivity index (χ1n) is 27.1. The van der Waals surface area contributed by atoms with E-state index in [-0.39, 0.29) is 39.3 Å². The molecular weight excluding hydrogens is 876 g/mol. The summed E-state index contributed by atoms with van der Waals surface area (Å²) in [5, 5.41) is 4.64. The van der Waals surface area contributed by atoms with Crippen LogP contribution >= 0.6 is 0 Å². The van der Waals surface area contributed by atoms with Gasteiger partial charge in [0.1, 0.15) is 16.7 Å². The summed E-state index contributed by atoms with van der Waals surface area (Å²) in [7, 11) is 0. The summed E-state index contributed by atoms with van der Waals surface area (Å²) in [5.41, 5.74) is 25.2. The number of hydrogen-bond donors (Lipinski definition) is 0. The maximum Gasteiger partial charge on any atom is 0.333 e. The van der Waals surface area contributed by atoms with Crippen LogP contribution in [0.15, 0.2) is 118 Å². The molecule has 0 N–H and O–H groups in total. The Kier molecular flexibility index (Phi) is 8.71. The highest BCUT2D eigenvalue weighted by Gasteiger charge is 2.51. The fourth-order valence-corrected chi connectivity index (χ4v) is 14.8. The third-order valence-electron chi connectivity index (χ3n) is 19.6. The molecule has 5 aliphatic rings. The summed E-state index contributed by atoms with van der Waals surface area (Å²) in [6.07, 6.45) is 6.93. The van der Waals surface area contributed by atoms with Gasteiger partial charge in [-0.15, -0.1) is 0 Å². The highest BCUT2D eigenvalue weighted by atomic mass is 16.3. The minimum Gasteiger partial charge on any atom is -0.456 e. The number of fused-ring (bicyclic) bond motifs is 15. The molecule has 0 unspecified atom stereocenters. The second kappa shape index (κ2) is 14.1. The molecule has 0 atom stereocenters. The Morgan fingerprint density at radius 2 is 0.944 bits per heavy atom. The summed E-state index contributed by atoms with van der Waals surface area (Å²) >= 11 is 0. The zero-order valence-corrected chi connectivity index (χ0v) is 44.9. The van der Waals surface area contributed by atoms with Crippen molar-refractivity contribution >= 4 is 90.1 Å². The van der Waals surface area contributed by atoms with Crippen molar-refractivity contribution in [1.29, 1.82) is 0 Å². The lowest BCUT2D eigenvalue weighted by Gasteiger charge is -2.49. The first kappa shape index (κ1) is 44.5. The minimum absolute atomic E-state index is 0.00515. The standard InChI is InChI=1S/C67H69BN2O2/c1-38-32-46-49(66(10,11)30-28-63(46,4)5)36-52(38)69-51-24-25-56-57(41-19-15-17-21-55(41)71-56)59(51)68-58-43(34-44-40-18-14-16-20-54(40)72-61(44)60(58)69)42-35-48-50(67(12,13)31-29-65(48,8)9)37-53(42)70(68)39-22-23-45-47(33-39)64(6,7)27-26-62(45,2)3/h14-25,32-37H,26-31H2,1-13H3. The molecule has 4 nitrogen and oxygen atoms in total. The monoisotopic (exact) mass is 945 g/mol. The van der Waals surface area contributed by atoms with Gasteiger partial charge >= 0.3 is 6.85 Å². The van der Waals surface area contributed by atoms with Crippen LogP contribution in [-0.4, -0.2) is 6.85 Å². The van der Waals surface area contributed by atoms with Crippen LogP contribution in [-0.2, 0) is 32.5 Å². The Morgan fingerprint density at radius 1 is 0.417 bits per heavy atom. The van der Waals surface area contributed by atoms with Crippen LogP contribution in [0.25, 0.3) is 55.0 Å². The van der Waals surface area contributed by atoms with E-state index in [4.69, 9.17) is 8.83 Å². The second-order valence-electron chi connectivity index (χ2n) is 26.9. The Morgan fingerprint density at radius 3 is 1.58 bits per heavy atom. The van der Waals surface area contributed by atoms with Gasteiger partial charge in [0.05, 0.1) is 5.69 Å². The van der Waals surface area contributed by atoms with Gasteiger partial charge in [-0.25, -0.2) is 0 Å². The zero-order valence-electron chi connectivity index (χ0n) is 44.9. The van der Waals surface area contributed by atoms with Crippen molar-refractivity contribution in [3.63, 3.8) is 0 Å². The number of para-hydroxylation sites is 2. The minimum atomic E-state index is -0.236. The summed E-state index contributed by atoms with van der Waals surface area (Å²) in [4.78, 5) is 5.44. The van der Waals surface area contributed by atoms with Gasteiger partial charge in [-0.3, -0.25) is 0 Å². The van der Waals surface area contributed by atoms with Crippen molar-refractivity contribution in [2.45, 2.75) is 161 Å². The van der Waals surface area contributed by atoms with Crippen molar-refractivity contribution in [1.82, 2.24) is 0 Å². The van der Waals surface area contributed by atoms with E-state index >= 15 is 0 Å². The average Bonchev–Trinajstić information content (AvgIpc) is 3.92. The lowest BCUT2D eigenvalue weighted by Crippen LogP contribution is -2.62. The Balaban J connectivity index is 1.20. The molecular formula is C67H69BN2O2. The van der Waals surface area contributed by atoms with Crippen LogP contribution in [0.3, 0.4) is 0 Å². The maximum absolute atomic E-state index is 7.38. The number of hydrogen-bond acceptors (Lipinski definition) is 4. The summed E-state index contributed by atoms with van der Waals surface area (Å²) in [6.45, 7) is 31.7. The molecule has 0 saturated heterocycles. The van der Waals surface area contributed by atoms with Crippen molar-refractivity contribution in [3.8, 4) is 11.1 Å². The van der Waals surface area contributed by atoms with Gasteiger partial charge in [-0.2, -0.15) is 0 Å². The number of nitrogens with zero attached hydrogens (tertiary/aromatic N) is 2. The van der Waals surface area contributed by atoms with E-state index in [9.17, 15) is 0 Å². The normalized spacial score (nSPS) is 20.3. The predicted molar refractivity (Wildman–Crippen MR) is 305 cm³/mol.